The molecular formula is C17H14BrClN4O2S. The topological polar surface area (TPSA) is 71.9 Å². The number of carbonyl (C=O) groups excluding carboxylic acids is 1. The lowest BCUT2D eigenvalue weighted by molar-refractivity contribution is -0.123. The number of aromatic nitrogens is 3. The summed E-state index contributed by atoms with van der Waals surface area (Å²) in [4.78, 5) is 12.0. The second-order valence-electron chi connectivity index (χ2n) is 5.28. The second kappa shape index (κ2) is 8.48. The van der Waals surface area contributed by atoms with Crippen molar-refractivity contribution in [1.82, 2.24) is 20.1 Å². The van der Waals surface area contributed by atoms with Gasteiger partial charge in [0.2, 0.25) is 0 Å². The summed E-state index contributed by atoms with van der Waals surface area (Å²) in [5, 5.41) is 10.3. The van der Waals surface area contributed by atoms with Crippen LogP contribution in [-0.4, -0.2) is 27.3 Å². The predicted octanol–water partition coefficient (Wildman–Crippen LogP) is 4.04. The molecule has 0 atom stereocenters. The van der Waals surface area contributed by atoms with Crippen molar-refractivity contribution >= 4 is 45.7 Å². The van der Waals surface area contributed by atoms with Crippen molar-refractivity contribution in [2.45, 2.75) is 6.54 Å². The molecule has 0 spiro atoms. The lowest BCUT2D eigenvalue weighted by Crippen LogP contribution is -2.29. The van der Waals surface area contributed by atoms with Gasteiger partial charge in [0.05, 0.1) is 6.54 Å². The van der Waals surface area contributed by atoms with Crippen LogP contribution in [0.15, 0.2) is 53.0 Å². The lowest BCUT2D eigenvalue weighted by Gasteiger charge is -2.09. The Balaban J connectivity index is 1.61. The molecule has 0 unspecified atom stereocenters. The first-order chi connectivity index (χ1) is 12.5. The average molecular weight is 454 g/mol. The van der Waals surface area contributed by atoms with Gasteiger partial charge in [0.25, 0.3) is 5.91 Å². The number of nitrogens with one attached hydrogen (secondary N) is 2. The molecule has 0 aliphatic carbocycles. The van der Waals surface area contributed by atoms with Crippen LogP contribution in [0, 0.1) is 4.77 Å². The van der Waals surface area contributed by atoms with Gasteiger partial charge in [0, 0.05) is 15.2 Å². The van der Waals surface area contributed by atoms with Crippen LogP contribution in [0.1, 0.15) is 5.82 Å². The number of hydrogen-bond donors (Lipinski definition) is 2. The van der Waals surface area contributed by atoms with E-state index in [1.54, 1.807) is 28.8 Å². The van der Waals surface area contributed by atoms with E-state index >= 15 is 0 Å². The van der Waals surface area contributed by atoms with Gasteiger partial charge in [-0.2, -0.15) is 5.10 Å². The summed E-state index contributed by atoms with van der Waals surface area (Å²) in [6.07, 6.45) is 0. The smallest absolute Gasteiger partial charge is 0.258 e. The van der Waals surface area contributed by atoms with Gasteiger partial charge in [0.1, 0.15) is 5.75 Å². The maximum Gasteiger partial charge on any atom is 0.258 e. The van der Waals surface area contributed by atoms with Crippen molar-refractivity contribution in [3.8, 4) is 11.4 Å². The fourth-order valence-corrected chi connectivity index (χ4v) is 2.86. The van der Waals surface area contributed by atoms with Crippen LogP contribution in [-0.2, 0) is 11.3 Å². The van der Waals surface area contributed by atoms with Crippen LogP contribution in [0.2, 0.25) is 5.02 Å². The minimum Gasteiger partial charge on any atom is -0.484 e. The first kappa shape index (κ1) is 18.6. The molecule has 2 aromatic carbocycles. The van der Waals surface area contributed by atoms with Gasteiger partial charge in [0.15, 0.2) is 17.2 Å². The number of carbonyl (C=O) groups is 1. The Kier molecular flexibility index (Phi) is 6.08. The lowest BCUT2D eigenvalue weighted by atomic mass is 10.3. The van der Waals surface area contributed by atoms with Gasteiger partial charge in [-0.25, -0.2) is 0 Å². The zero-order valence-corrected chi connectivity index (χ0v) is 16.6. The third-order valence-electron chi connectivity index (χ3n) is 3.45. The summed E-state index contributed by atoms with van der Waals surface area (Å²) in [6, 6.07) is 14.4. The minimum atomic E-state index is -0.267. The number of aromatic amines is 1. The summed E-state index contributed by atoms with van der Waals surface area (Å²) >= 11 is 14.5. The number of H-pyrrole nitrogens is 1. The fourth-order valence-electron chi connectivity index (χ4n) is 2.21. The Morgan fingerprint density at radius 2 is 1.92 bits per heavy atom. The average Bonchev–Trinajstić information content (AvgIpc) is 3.01. The van der Waals surface area contributed by atoms with Crippen LogP contribution < -0.4 is 10.1 Å². The van der Waals surface area contributed by atoms with E-state index in [0.717, 1.165) is 10.2 Å². The maximum absolute atomic E-state index is 12.0. The van der Waals surface area contributed by atoms with Crippen LogP contribution in [0.4, 0.5) is 0 Å². The number of halogens is 2. The number of ether oxygens (including phenoxy) is 1. The monoisotopic (exact) mass is 452 g/mol. The van der Waals surface area contributed by atoms with E-state index in [0.29, 0.717) is 21.4 Å². The molecule has 3 aromatic rings. The Morgan fingerprint density at radius 3 is 2.62 bits per heavy atom. The fraction of sp³-hybridized carbons (Fsp3) is 0.118. The molecule has 1 amide bonds. The van der Waals surface area contributed by atoms with E-state index < -0.39 is 0 Å². The van der Waals surface area contributed by atoms with Gasteiger partial charge in [-0.05, 0) is 60.7 Å². The highest BCUT2D eigenvalue weighted by molar-refractivity contribution is 9.10. The summed E-state index contributed by atoms with van der Waals surface area (Å²) in [6.45, 7) is 0.108. The SMILES string of the molecule is O=C(COc1ccc(Cl)cc1)NCc1n[nH]c(=S)n1-c1ccc(Br)cc1. The van der Waals surface area contributed by atoms with Crippen molar-refractivity contribution in [3.05, 3.63) is 68.6 Å². The van der Waals surface area contributed by atoms with Gasteiger partial charge in [-0.15, -0.1) is 0 Å². The Labute approximate surface area is 168 Å². The first-order valence-corrected chi connectivity index (χ1v) is 9.18. The molecule has 0 saturated carbocycles. The molecule has 0 radical (unpaired) electrons. The molecule has 1 aromatic heterocycles. The molecule has 0 aliphatic heterocycles. The summed E-state index contributed by atoms with van der Waals surface area (Å²) in [5.41, 5.74) is 0.855. The standard InChI is InChI=1S/C17H14BrClN4O2S/c18-11-1-5-13(6-2-11)23-15(21-22-17(23)26)9-20-16(24)10-25-14-7-3-12(19)4-8-14/h1-8H,9-10H2,(H,20,24)(H,22,26). The Hall–Kier alpha value is -2.16. The molecule has 3 rings (SSSR count). The first-order valence-electron chi connectivity index (χ1n) is 7.60. The molecule has 26 heavy (non-hydrogen) atoms. The number of hydrogen-bond acceptors (Lipinski definition) is 4. The molecule has 6 nitrogen and oxygen atoms in total. The molecule has 0 saturated heterocycles. The Bertz CT molecular complexity index is 954. The van der Waals surface area contributed by atoms with Crippen molar-refractivity contribution in [2.24, 2.45) is 0 Å². The highest BCUT2D eigenvalue weighted by Crippen LogP contribution is 2.16. The quantitative estimate of drug-likeness (QED) is 0.553. The largest absolute Gasteiger partial charge is 0.484 e. The van der Waals surface area contributed by atoms with Crippen molar-refractivity contribution in [2.75, 3.05) is 6.61 Å². The molecule has 0 fully saturated rings. The second-order valence-corrected chi connectivity index (χ2v) is 7.01. The molecule has 9 heteroatoms. The summed E-state index contributed by atoms with van der Waals surface area (Å²) in [7, 11) is 0. The van der Waals surface area contributed by atoms with E-state index in [9.17, 15) is 4.79 Å². The van der Waals surface area contributed by atoms with E-state index in [1.165, 1.54) is 0 Å². The summed E-state index contributed by atoms with van der Waals surface area (Å²) < 4.78 is 8.60. The zero-order valence-electron chi connectivity index (χ0n) is 13.4. The minimum absolute atomic E-state index is 0.106. The van der Waals surface area contributed by atoms with Crippen LogP contribution >= 0.6 is 39.7 Å². The predicted molar refractivity (Wildman–Crippen MR) is 105 cm³/mol. The van der Waals surface area contributed by atoms with Crippen molar-refractivity contribution < 1.29 is 9.53 Å². The number of nitrogens with zero attached hydrogens (tertiary/aromatic N) is 2. The van der Waals surface area contributed by atoms with Crippen LogP contribution in [0.5, 0.6) is 5.75 Å². The van der Waals surface area contributed by atoms with E-state index in [-0.39, 0.29) is 19.1 Å². The molecule has 1 heterocycles. The molecule has 2 N–H and O–H groups in total. The molecule has 134 valence electrons. The summed E-state index contributed by atoms with van der Waals surface area (Å²) in [5.74, 6) is 0.899. The molecular weight excluding hydrogens is 440 g/mol. The third-order valence-corrected chi connectivity index (χ3v) is 4.51. The molecule has 0 aliphatic rings. The highest BCUT2D eigenvalue weighted by Gasteiger charge is 2.10. The van der Waals surface area contributed by atoms with Gasteiger partial charge in [-0.1, -0.05) is 27.5 Å². The van der Waals surface area contributed by atoms with E-state index in [2.05, 4.69) is 31.4 Å². The van der Waals surface area contributed by atoms with E-state index in [4.69, 9.17) is 28.6 Å². The maximum atomic E-state index is 12.0. The van der Waals surface area contributed by atoms with E-state index in [1.807, 2.05) is 24.3 Å². The van der Waals surface area contributed by atoms with Gasteiger partial charge < -0.3 is 10.1 Å². The molecule has 0 bridgehead atoms. The Morgan fingerprint density at radius 1 is 1.23 bits per heavy atom. The normalized spacial score (nSPS) is 10.5. The van der Waals surface area contributed by atoms with Crippen molar-refractivity contribution in [3.63, 3.8) is 0 Å². The van der Waals surface area contributed by atoms with Crippen LogP contribution in [0.25, 0.3) is 5.69 Å². The number of rotatable bonds is 6. The van der Waals surface area contributed by atoms with Crippen LogP contribution in [0.3, 0.4) is 0 Å². The van der Waals surface area contributed by atoms with Gasteiger partial charge >= 0.3 is 0 Å². The number of amides is 1. The van der Waals surface area contributed by atoms with Gasteiger partial charge in [-0.3, -0.25) is 14.5 Å². The van der Waals surface area contributed by atoms with Crippen molar-refractivity contribution in [1.29, 1.82) is 0 Å². The zero-order chi connectivity index (χ0) is 18.5. The third kappa shape index (κ3) is 4.72. The highest BCUT2D eigenvalue weighted by atomic mass is 79.9. The number of benzene rings is 2.